The van der Waals surface area contributed by atoms with E-state index in [0.29, 0.717) is 39.2 Å². The van der Waals surface area contributed by atoms with E-state index in [2.05, 4.69) is 44.1 Å². The Balaban J connectivity index is 1.45. The molecule has 0 atom stereocenters. The predicted octanol–water partition coefficient (Wildman–Crippen LogP) is 3.74. The summed E-state index contributed by atoms with van der Waals surface area (Å²) >= 11 is 0. The second-order valence-corrected chi connectivity index (χ2v) is 8.86. The zero-order chi connectivity index (χ0) is 25.9. The average Bonchev–Trinajstić information content (AvgIpc) is 2.89. The van der Waals surface area contributed by atoms with E-state index in [4.69, 9.17) is 0 Å². The fourth-order valence-corrected chi connectivity index (χ4v) is 4.30. The second-order valence-electron chi connectivity index (χ2n) is 8.86. The third kappa shape index (κ3) is 5.34. The van der Waals surface area contributed by atoms with Crippen LogP contribution in [-0.4, -0.2) is 59.0 Å². The first-order valence-corrected chi connectivity index (χ1v) is 11.8. The SMILES string of the molecule is C=CC(=O)Nc1cccc(-c2cc(=O)[nH]c3cnc(Nc4ccc(N5CCN(C)CC5)c(F)c4)nc23)c1. The smallest absolute Gasteiger partial charge is 0.249 e. The van der Waals surface area contributed by atoms with Crippen LogP contribution in [0.25, 0.3) is 22.2 Å². The van der Waals surface area contributed by atoms with E-state index in [1.54, 1.807) is 30.3 Å². The molecule has 1 aliphatic rings. The van der Waals surface area contributed by atoms with Crippen LogP contribution in [0, 0.1) is 5.82 Å². The minimum atomic E-state index is -0.340. The summed E-state index contributed by atoms with van der Waals surface area (Å²) in [4.78, 5) is 40.0. The van der Waals surface area contributed by atoms with Gasteiger partial charge in [-0.05, 0) is 49.0 Å². The number of hydrogen-bond donors (Lipinski definition) is 3. The van der Waals surface area contributed by atoms with E-state index in [1.165, 1.54) is 24.4 Å². The number of fused-ring (bicyclic) bond motifs is 1. The molecule has 5 rings (SSSR count). The zero-order valence-electron chi connectivity index (χ0n) is 20.3. The number of benzene rings is 2. The van der Waals surface area contributed by atoms with Gasteiger partial charge in [-0.1, -0.05) is 18.7 Å². The van der Waals surface area contributed by atoms with E-state index in [0.717, 1.165) is 26.2 Å². The van der Waals surface area contributed by atoms with Gasteiger partial charge in [0.15, 0.2) is 0 Å². The molecule has 0 aliphatic carbocycles. The lowest BCUT2D eigenvalue weighted by atomic mass is 10.0. The molecule has 0 radical (unpaired) electrons. The zero-order valence-corrected chi connectivity index (χ0v) is 20.3. The number of rotatable bonds is 6. The standard InChI is InChI=1S/C27H26FN7O2/c1-3-24(36)30-18-6-4-5-17(13-18)20-15-25(37)32-22-16-29-27(33-26(20)22)31-19-7-8-23(21(28)14-19)35-11-9-34(2)10-12-35/h3-8,13-16H,1,9-12H2,2H3,(H,30,36)(H,32,37)(H,29,31,33). The molecule has 3 N–H and O–H groups in total. The van der Waals surface area contributed by atoms with Crippen molar-refractivity contribution in [2.45, 2.75) is 0 Å². The first kappa shape index (κ1) is 24.1. The maximum atomic E-state index is 15.0. The Hall–Kier alpha value is -4.57. The van der Waals surface area contributed by atoms with Crippen LogP contribution in [0.15, 0.2) is 72.2 Å². The van der Waals surface area contributed by atoms with Crippen molar-refractivity contribution in [2.24, 2.45) is 0 Å². The highest BCUT2D eigenvalue weighted by Crippen LogP contribution is 2.29. The van der Waals surface area contributed by atoms with Gasteiger partial charge in [-0.15, -0.1) is 0 Å². The van der Waals surface area contributed by atoms with E-state index < -0.39 is 0 Å². The number of amides is 1. The van der Waals surface area contributed by atoms with Crippen LogP contribution in [0.3, 0.4) is 0 Å². The molecular formula is C27H26FN7O2. The van der Waals surface area contributed by atoms with Gasteiger partial charge in [-0.25, -0.2) is 14.4 Å². The number of aromatic amines is 1. The minimum Gasteiger partial charge on any atom is -0.367 e. The second kappa shape index (κ2) is 10.2. The molecule has 1 amide bonds. The number of halogens is 1. The number of nitrogens with zero attached hydrogens (tertiary/aromatic N) is 4. The summed E-state index contributed by atoms with van der Waals surface area (Å²) in [6, 6.07) is 13.5. The highest BCUT2D eigenvalue weighted by molar-refractivity contribution is 6.00. The van der Waals surface area contributed by atoms with Crippen molar-refractivity contribution in [3.8, 4) is 11.1 Å². The minimum absolute atomic E-state index is 0.253. The predicted molar refractivity (Wildman–Crippen MR) is 144 cm³/mol. The van der Waals surface area contributed by atoms with Crippen LogP contribution in [0.4, 0.5) is 27.4 Å². The largest absolute Gasteiger partial charge is 0.367 e. The van der Waals surface area contributed by atoms with Gasteiger partial charge < -0.3 is 25.4 Å². The molecule has 2 aromatic carbocycles. The summed E-state index contributed by atoms with van der Waals surface area (Å²) < 4.78 is 15.0. The third-order valence-electron chi connectivity index (χ3n) is 6.25. The number of aromatic nitrogens is 3. The summed E-state index contributed by atoms with van der Waals surface area (Å²) in [7, 11) is 2.06. The highest BCUT2D eigenvalue weighted by atomic mass is 19.1. The maximum absolute atomic E-state index is 15.0. The Kier molecular flexibility index (Phi) is 6.65. The molecule has 4 aromatic rings. The number of H-pyrrole nitrogens is 1. The van der Waals surface area contributed by atoms with Crippen LogP contribution >= 0.6 is 0 Å². The fraction of sp³-hybridized carbons (Fsp3) is 0.185. The molecule has 188 valence electrons. The van der Waals surface area contributed by atoms with Crippen molar-refractivity contribution in [3.05, 3.63) is 83.6 Å². The van der Waals surface area contributed by atoms with Crippen molar-refractivity contribution in [3.63, 3.8) is 0 Å². The molecule has 3 heterocycles. The van der Waals surface area contributed by atoms with Gasteiger partial charge in [0.25, 0.3) is 0 Å². The maximum Gasteiger partial charge on any atom is 0.249 e. The summed E-state index contributed by atoms with van der Waals surface area (Å²) in [5, 5.41) is 5.78. The quantitative estimate of drug-likeness (QED) is 0.347. The Labute approximate surface area is 212 Å². The summed E-state index contributed by atoms with van der Waals surface area (Å²) in [6.45, 7) is 6.78. The first-order chi connectivity index (χ1) is 17.9. The van der Waals surface area contributed by atoms with Crippen molar-refractivity contribution in [2.75, 3.05) is 48.8 Å². The Morgan fingerprint density at radius 1 is 1.11 bits per heavy atom. The normalized spacial score (nSPS) is 13.9. The van der Waals surface area contributed by atoms with Gasteiger partial charge >= 0.3 is 0 Å². The van der Waals surface area contributed by atoms with Crippen LogP contribution in [0.1, 0.15) is 0 Å². The van der Waals surface area contributed by atoms with Gasteiger partial charge in [0.1, 0.15) is 11.3 Å². The summed E-state index contributed by atoms with van der Waals surface area (Å²) in [6.07, 6.45) is 2.69. The number of carbonyl (C=O) groups excluding carboxylic acids is 1. The highest BCUT2D eigenvalue weighted by Gasteiger charge is 2.18. The Morgan fingerprint density at radius 2 is 1.92 bits per heavy atom. The topological polar surface area (TPSA) is 106 Å². The van der Waals surface area contributed by atoms with Crippen LogP contribution in [-0.2, 0) is 4.79 Å². The summed E-state index contributed by atoms with van der Waals surface area (Å²) in [5.41, 5.74) is 3.52. The van der Waals surface area contributed by atoms with Gasteiger partial charge in [0.05, 0.1) is 17.4 Å². The molecule has 0 bridgehead atoms. The molecular weight excluding hydrogens is 473 g/mol. The molecule has 0 unspecified atom stereocenters. The van der Waals surface area contributed by atoms with Crippen LogP contribution < -0.4 is 21.1 Å². The molecule has 1 saturated heterocycles. The van der Waals surface area contributed by atoms with E-state index in [1.807, 2.05) is 11.0 Å². The Morgan fingerprint density at radius 3 is 2.68 bits per heavy atom. The molecule has 2 aromatic heterocycles. The lowest BCUT2D eigenvalue weighted by Crippen LogP contribution is -2.44. The third-order valence-corrected chi connectivity index (χ3v) is 6.25. The first-order valence-electron chi connectivity index (χ1n) is 11.8. The molecule has 9 nitrogen and oxygen atoms in total. The van der Waals surface area contributed by atoms with E-state index in [9.17, 15) is 14.0 Å². The number of piperazine rings is 1. The van der Waals surface area contributed by atoms with Crippen LogP contribution in [0.2, 0.25) is 0 Å². The number of anilines is 4. The average molecular weight is 500 g/mol. The van der Waals surface area contributed by atoms with Crippen molar-refractivity contribution < 1.29 is 9.18 Å². The van der Waals surface area contributed by atoms with E-state index in [-0.39, 0.29) is 23.2 Å². The van der Waals surface area contributed by atoms with Gasteiger partial charge in [-0.2, -0.15) is 0 Å². The van der Waals surface area contributed by atoms with E-state index >= 15 is 0 Å². The molecule has 37 heavy (non-hydrogen) atoms. The van der Waals surface area contributed by atoms with Gasteiger partial charge in [0.2, 0.25) is 17.4 Å². The molecule has 0 spiro atoms. The Bertz CT molecular complexity index is 1540. The summed E-state index contributed by atoms with van der Waals surface area (Å²) in [5.74, 6) is -0.407. The number of hydrogen-bond acceptors (Lipinski definition) is 7. The molecule has 0 saturated carbocycles. The van der Waals surface area contributed by atoms with Crippen molar-refractivity contribution in [1.82, 2.24) is 19.9 Å². The molecule has 10 heteroatoms. The fourth-order valence-electron chi connectivity index (χ4n) is 4.30. The molecule has 1 fully saturated rings. The number of carbonyl (C=O) groups is 1. The van der Waals surface area contributed by atoms with Crippen molar-refractivity contribution in [1.29, 1.82) is 0 Å². The number of pyridine rings is 1. The number of nitrogens with one attached hydrogen (secondary N) is 3. The number of likely N-dealkylation sites (N-methyl/N-ethyl adjacent to an activating group) is 1. The molecule has 1 aliphatic heterocycles. The van der Waals surface area contributed by atoms with Crippen LogP contribution in [0.5, 0.6) is 0 Å². The lowest BCUT2D eigenvalue weighted by Gasteiger charge is -2.34. The van der Waals surface area contributed by atoms with Crippen molar-refractivity contribution >= 4 is 40.0 Å². The van der Waals surface area contributed by atoms with Gasteiger partial charge in [0, 0.05) is 49.2 Å². The lowest BCUT2D eigenvalue weighted by molar-refractivity contribution is -0.111. The van der Waals surface area contributed by atoms with Gasteiger partial charge in [-0.3, -0.25) is 9.59 Å². The monoisotopic (exact) mass is 499 g/mol.